The fourth-order valence-electron chi connectivity index (χ4n) is 2.07. The maximum absolute atomic E-state index is 13.0. The van der Waals surface area contributed by atoms with Gasteiger partial charge in [-0.05, 0) is 42.5 Å². The predicted molar refractivity (Wildman–Crippen MR) is 81.3 cm³/mol. The Morgan fingerprint density at radius 1 is 1.11 bits per heavy atom. The van der Waals surface area contributed by atoms with Gasteiger partial charge in [0.1, 0.15) is 5.82 Å². The van der Waals surface area contributed by atoms with Gasteiger partial charge >= 0.3 is 0 Å². The van der Waals surface area contributed by atoms with Crippen molar-refractivity contribution in [2.75, 3.05) is 11.6 Å². The molecule has 0 amide bonds. The smallest absolute Gasteiger partial charge is 0.123 e. The molecule has 1 N–H and O–H groups in total. The first kappa shape index (κ1) is 13.9. The van der Waals surface area contributed by atoms with Crippen LogP contribution in [0.4, 0.5) is 10.1 Å². The minimum Gasteiger partial charge on any atom is -0.377 e. The van der Waals surface area contributed by atoms with Crippen LogP contribution in [0.1, 0.15) is 24.9 Å². The minimum atomic E-state index is -0.192. The highest BCUT2D eigenvalue weighted by Gasteiger charge is 2.10. The molecule has 0 aromatic heterocycles. The Morgan fingerprint density at radius 2 is 1.79 bits per heavy atom. The predicted octanol–water partition coefficient (Wildman–Crippen LogP) is 5.11. The lowest BCUT2D eigenvalue weighted by Crippen LogP contribution is -2.10. The Hall–Kier alpha value is -1.48. The van der Waals surface area contributed by atoms with Crippen LogP contribution in [0, 0.1) is 5.82 Å². The molecule has 0 aliphatic heterocycles. The standard InChI is InChI=1S/C16H18FNS/c1-3-14(12-8-10-13(17)11-9-12)18-15-6-4-5-7-16(15)19-2/h4-11,14,18H,3H2,1-2H3. The zero-order valence-electron chi connectivity index (χ0n) is 11.2. The van der Waals surface area contributed by atoms with Crippen molar-refractivity contribution in [2.45, 2.75) is 24.3 Å². The van der Waals surface area contributed by atoms with Crippen LogP contribution in [0.25, 0.3) is 0 Å². The average Bonchev–Trinajstić information content (AvgIpc) is 2.46. The van der Waals surface area contributed by atoms with Gasteiger partial charge in [0, 0.05) is 10.6 Å². The molecule has 0 aliphatic carbocycles. The molecule has 100 valence electrons. The summed E-state index contributed by atoms with van der Waals surface area (Å²) in [7, 11) is 0. The summed E-state index contributed by atoms with van der Waals surface area (Å²) in [6, 6.07) is 15.2. The van der Waals surface area contributed by atoms with Crippen LogP contribution in [-0.4, -0.2) is 6.26 Å². The lowest BCUT2D eigenvalue weighted by atomic mass is 10.0. The summed E-state index contributed by atoms with van der Waals surface area (Å²) in [5.41, 5.74) is 2.24. The Morgan fingerprint density at radius 3 is 2.42 bits per heavy atom. The van der Waals surface area contributed by atoms with Gasteiger partial charge in [-0.3, -0.25) is 0 Å². The molecule has 1 unspecified atom stereocenters. The molecule has 0 bridgehead atoms. The normalized spacial score (nSPS) is 12.2. The van der Waals surface area contributed by atoms with Crippen molar-refractivity contribution < 1.29 is 4.39 Å². The van der Waals surface area contributed by atoms with E-state index in [2.05, 4.69) is 30.6 Å². The largest absolute Gasteiger partial charge is 0.377 e. The van der Waals surface area contributed by atoms with Crippen molar-refractivity contribution in [1.82, 2.24) is 0 Å². The second kappa shape index (κ2) is 6.62. The molecule has 1 nitrogen and oxygen atoms in total. The number of thioether (sulfide) groups is 1. The number of halogens is 1. The van der Waals surface area contributed by atoms with E-state index in [0.717, 1.165) is 17.7 Å². The van der Waals surface area contributed by atoms with Crippen molar-refractivity contribution in [3.8, 4) is 0 Å². The number of rotatable bonds is 5. The van der Waals surface area contributed by atoms with Crippen LogP contribution in [0.3, 0.4) is 0 Å². The van der Waals surface area contributed by atoms with Crippen molar-refractivity contribution in [1.29, 1.82) is 0 Å². The highest BCUT2D eigenvalue weighted by Crippen LogP contribution is 2.29. The minimum absolute atomic E-state index is 0.192. The van der Waals surface area contributed by atoms with Gasteiger partial charge in [-0.2, -0.15) is 0 Å². The van der Waals surface area contributed by atoms with E-state index in [4.69, 9.17) is 0 Å². The maximum atomic E-state index is 13.0. The van der Waals surface area contributed by atoms with Crippen LogP contribution in [0.15, 0.2) is 53.4 Å². The third kappa shape index (κ3) is 3.51. The Labute approximate surface area is 118 Å². The second-order valence-corrected chi connectivity index (χ2v) is 5.21. The van der Waals surface area contributed by atoms with Gasteiger partial charge in [0.2, 0.25) is 0 Å². The van der Waals surface area contributed by atoms with Crippen molar-refractivity contribution in [2.24, 2.45) is 0 Å². The zero-order chi connectivity index (χ0) is 13.7. The highest BCUT2D eigenvalue weighted by atomic mass is 32.2. The molecule has 0 fully saturated rings. The van der Waals surface area contributed by atoms with E-state index >= 15 is 0 Å². The Kier molecular flexibility index (Phi) is 4.86. The van der Waals surface area contributed by atoms with Gasteiger partial charge in [-0.25, -0.2) is 4.39 Å². The number of hydrogen-bond acceptors (Lipinski definition) is 2. The molecule has 3 heteroatoms. The summed E-state index contributed by atoms with van der Waals surface area (Å²) < 4.78 is 13.0. The third-order valence-corrected chi connectivity index (χ3v) is 3.91. The molecule has 0 aliphatic rings. The first-order valence-electron chi connectivity index (χ1n) is 6.39. The summed E-state index contributed by atoms with van der Waals surface area (Å²) in [6.45, 7) is 2.13. The summed E-state index contributed by atoms with van der Waals surface area (Å²) in [4.78, 5) is 1.23. The van der Waals surface area contributed by atoms with Gasteiger partial charge in [0.15, 0.2) is 0 Å². The van der Waals surface area contributed by atoms with E-state index < -0.39 is 0 Å². The average molecular weight is 275 g/mol. The molecule has 0 heterocycles. The van der Waals surface area contributed by atoms with Crippen LogP contribution < -0.4 is 5.32 Å². The van der Waals surface area contributed by atoms with E-state index in [-0.39, 0.29) is 11.9 Å². The fourth-order valence-corrected chi connectivity index (χ4v) is 2.63. The van der Waals surface area contributed by atoms with E-state index in [1.165, 1.54) is 17.0 Å². The van der Waals surface area contributed by atoms with Gasteiger partial charge in [0.05, 0.1) is 6.04 Å². The fraction of sp³-hybridized carbons (Fsp3) is 0.250. The molecule has 0 saturated heterocycles. The monoisotopic (exact) mass is 275 g/mol. The van der Waals surface area contributed by atoms with E-state index in [0.29, 0.717) is 0 Å². The lowest BCUT2D eigenvalue weighted by Gasteiger charge is -2.20. The molecular formula is C16H18FNS. The SMILES string of the molecule is CCC(Nc1ccccc1SC)c1ccc(F)cc1. The topological polar surface area (TPSA) is 12.0 Å². The van der Waals surface area contributed by atoms with Crippen molar-refractivity contribution in [3.05, 3.63) is 59.9 Å². The number of para-hydroxylation sites is 1. The molecule has 1 atom stereocenters. The summed E-state index contributed by atoms with van der Waals surface area (Å²) in [5, 5.41) is 3.54. The molecule has 19 heavy (non-hydrogen) atoms. The summed E-state index contributed by atoms with van der Waals surface area (Å²) >= 11 is 1.72. The number of anilines is 1. The van der Waals surface area contributed by atoms with Crippen LogP contribution in [0.5, 0.6) is 0 Å². The Balaban J connectivity index is 2.21. The quantitative estimate of drug-likeness (QED) is 0.761. The molecular weight excluding hydrogens is 257 g/mol. The summed E-state index contributed by atoms with van der Waals surface area (Å²) in [6.07, 6.45) is 3.02. The number of benzene rings is 2. The first-order valence-corrected chi connectivity index (χ1v) is 7.62. The number of nitrogens with one attached hydrogen (secondary N) is 1. The van der Waals surface area contributed by atoms with Crippen LogP contribution in [-0.2, 0) is 0 Å². The molecule has 0 radical (unpaired) electrons. The highest BCUT2D eigenvalue weighted by molar-refractivity contribution is 7.98. The van der Waals surface area contributed by atoms with Crippen molar-refractivity contribution in [3.63, 3.8) is 0 Å². The van der Waals surface area contributed by atoms with E-state index in [1.807, 2.05) is 24.3 Å². The lowest BCUT2D eigenvalue weighted by molar-refractivity contribution is 0.625. The third-order valence-electron chi connectivity index (χ3n) is 3.12. The molecule has 2 rings (SSSR count). The molecule has 2 aromatic carbocycles. The van der Waals surface area contributed by atoms with Gasteiger partial charge < -0.3 is 5.32 Å². The number of hydrogen-bond donors (Lipinski definition) is 1. The van der Waals surface area contributed by atoms with Crippen LogP contribution >= 0.6 is 11.8 Å². The molecule has 2 aromatic rings. The van der Waals surface area contributed by atoms with E-state index in [9.17, 15) is 4.39 Å². The first-order chi connectivity index (χ1) is 9.24. The Bertz CT molecular complexity index is 525. The van der Waals surface area contributed by atoms with Gasteiger partial charge in [0.25, 0.3) is 0 Å². The van der Waals surface area contributed by atoms with Gasteiger partial charge in [-0.1, -0.05) is 31.2 Å². The summed E-state index contributed by atoms with van der Waals surface area (Å²) in [5.74, 6) is -0.192. The van der Waals surface area contributed by atoms with Gasteiger partial charge in [-0.15, -0.1) is 11.8 Å². The van der Waals surface area contributed by atoms with E-state index in [1.54, 1.807) is 11.8 Å². The van der Waals surface area contributed by atoms with Crippen LogP contribution in [0.2, 0.25) is 0 Å². The maximum Gasteiger partial charge on any atom is 0.123 e. The molecule has 0 spiro atoms. The van der Waals surface area contributed by atoms with Crippen molar-refractivity contribution >= 4 is 17.4 Å². The molecule has 0 saturated carbocycles. The second-order valence-electron chi connectivity index (χ2n) is 4.36. The zero-order valence-corrected chi connectivity index (χ0v) is 12.0.